The third kappa shape index (κ3) is 4.11. The summed E-state index contributed by atoms with van der Waals surface area (Å²) in [4.78, 5) is 30.4. The van der Waals surface area contributed by atoms with Gasteiger partial charge in [-0.1, -0.05) is 25.2 Å². The van der Waals surface area contributed by atoms with Crippen LogP contribution in [0.4, 0.5) is 5.13 Å². The van der Waals surface area contributed by atoms with Crippen molar-refractivity contribution in [2.75, 3.05) is 11.6 Å². The molecule has 112 valence electrons. The van der Waals surface area contributed by atoms with Gasteiger partial charge in [0.2, 0.25) is 5.13 Å². The van der Waals surface area contributed by atoms with Crippen molar-refractivity contribution in [3.05, 3.63) is 32.9 Å². The molecule has 2 aromatic rings. The summed E-state index contributed by atoms with van der Waals surface area (Å²) < 4.78 is 0. The molecule has 0 spiro atoms. The number of anilines is 1. The molecule has 0 unspecified atom stereocenters. The number of H-pyrrole nitrogens is 1. The number of nitrogens with zero attached hydrogens (tertiary/aromatic N) is 3. The van der Waals surface area contributed by atoms with E-state index in [0.717, 1.165) is 5.01 Å². The average Bonchev–Trinajstić information content (AvgIpc) is 2.87. The third-order valence-electron chi connectivity index (χ3n) is 2.46. The molecule has 0 bridgehead atoms. The van der Waals surface area contributed by atoms with Crippen molar-refractivity contribution >= 4 is 34.1 Å². The SMILES string of the molecule is CSCc1nc(C(=O)Nc2nnc(C(C)C)s2)cc(=O)[nH]1. The van der Waals surface area contributed by atoms with E-state index in [2.05, 4.69) is 25.5 Å². The summed E-state index contributed by atoms with van der Waals surface area (Å²) in [5.74, 6) is 0.793. The molecule has 2 N–H and O–H groups in total. The van der Waals surface area contributed by atoms with Crippen molar-refractivity contribution in [2.24, 2.45) is 0 Å². The molecule has 7 nitrogen and oxygen atoms in total. The molecule has 0 aromatic carbocycles. The van der Waals surface area contributed by atoms with Gasteiger partial charge < -0.3 is 4.98 Å². The van der Waals surface area contributed by atoms with Crippen molar-refractivity contribution in [1.82, 2.24) is 20.2 Å². The normalized spacial score (nSPS) is 10.9. The zero-order chi connectivity index (χ0) is 15.4. The highest BCUT2D eigenvalue weighted by Gasteiger charge is 2.14. The predicted octanol–water partition coefficient (Wildman–Crippen LogP) is 1.86. The summed E-state index contributed by atoms with van der Waals surface area (Å²) in [6.45, 7) is 4.00. The number of thioether (sulfide) groups is 1. The minimum Gasteiger partial charge on any atom is -0.310 e. The molecule has 2 rings (SSSR count). The highest BCUT2D eigenvalue weighted by atomic mass is 32.2. The summed E-state index contributed by atoms with van der Waals surface area (Å²) in [6.07, 6.45) is 1.89. The van der Waals surface area contributed by atoms with Crippen LogP contribution >= 0.6 is 23.1 Å². The van der Waals surface area contributed by atoms with E-state index in [1.54, 1.807) is 0 Å². The Hall–Kier alpha value is -1.74. The van der Waals surface area contributed by atoms with Crippen LogP contribution in [0.15, 0.2) is 10.9 Å². The lowest BCUT2D eigenvalue weighted by Gasteiger charge is -2.02. The van der Waals surface area contributed by atoms with E-state index in [9.17, 15) is 9.59 Å². The zero-order valence-corrected chi connectivity index (χ0v) is 13.5. The average molecular weight is 325 g/mol. The van der Waals surface area contributed by atoms with Gasteiger partial charge in [-0.2, -0.15) is 11.8 Å². The first-order chi connectivity index (χ1) is 9.99. The number of amides is 1. The molecular weight excluding hydrogens is 310 g/mol. The smallest absolute Gasteiger partial charge is 0.276 e. The number of aromatic nitrogens is 4. The van der Waals surface area contributed by atoms with Crippen LogP contribution in [0.3, 0.4) is 0 Å². The van der Waals surface area contributed by atoms with E-state index < -0.39 is 5.91 Å². The van der Waals surface area contributed by atoms with Gasteiger partial charge in [0.1, 0.15) is 16.5 Å². The van der Waals surface area contributed by atoms with Gasteiger partial charge in [-0.3, -0.25) is 14.9 Å². The second kappa shape index (κ2) is 6.81. The van der Waals surface area contributed by atoms with Gasteiger partial charge in [-0.15, -0.1) is 10.2 Å². The first-order valence-corrected chi connectivity index (χ1v) is 8.44. The van der Waals surface area contributed by atoms with E-state index in [-0.39, 0.29) is 17.2 Å². The van der Waals surface area contributed by atoms with E-state index in [0.29, 0.717) is 16.7 Å². The monoisotopic (exact) mass is 325 g/mol. The fourth-order valence-corrected chi connectivity index (χ4v) is 2.66. The number of carbonyl (C=O) groups excluding carboxylic acids is 1. The first kappa shape index (κ1) is 15.6. The Morgan fingerprint density at radius 2 is 2.24 bits per heavy atom. The van der Waals surface area contributed by atoms with E-state index in [1.165, 1.54) is 29.2 Å². The summed E-state index contributed by atoms with van der Waals surface area (Å²) >= 11 is 2.82. The Morgan fingerprint density at radius 1 is 1.48 bits per heavy atom. The Bertz CT molecular complexity index is 695. The Kier molecular flexibility index (Phi) is 5.07. The van der Waals surface area contributed by atoms with Gasteiger partial charge in [-0.25, -0.2) is 4.98 Å². The highest BCUT2D eigenvalue weighted by molar-refractivity contribution is 7.97. The summed E-state index contributed by atoms with van der Waals surface area (Å²) in [7, 11) is 0. The van der Waals surface area contributed by atoms with Gasteiger partial charge in [0.15, 0.2) is 0 Å². The van der Waals surface area contributed by atoms with Gasteiger partial charge in [0.05, 0.1) is 5.75 Å². The summed E-state index contributed by atoms with van der Waals surface area (Å²) in [5, 5.41) is 11.7. The van der Waals surface area contributed by atoms with Crippen molar-refractivity contribution in [3.63, 3.8) is 0 Å². The molecule has 0 aliphatic rings. The molecule has 9 heteroatoms. The lowest BCUT2D eigenvalue weighted by Crippen LogP contribution is -2.20. The molecule has 2 aromatic heterocycles. The minimum absolute atomic E-state index is 0.0732. The zero-order valence-electron chi connectivity index (χ0n) is 11.8. The first-order valence-electron chi connectivity index (χ1n) is 6.23. The molecule has 2 heterocycles. The maximum Gasteiger partial charge on any atom is 0.276 e. The summed E-state index contributed by atoms with van der Waals surface area (Å²) in [6, 6.07) is 1.17. The van der Waals surface area contributed by atoms with Gasteiger partial charge >= 0.3 is 0 Å². The van der Waals surface area contributed by atoms with Crippen LogP contribution in [0, 0.1) is 0 Å². The van der Waals surface area contributed by atoms with Crippen LogP contribution in [0.2, 0.25) is 0 Å². The second-order valence-corrected chi connectivity index (χ2v) is 6.44. The molecule has 0 saturated heterocycles. The third-order valence-corrected chi connectivity index (χ3v) is 4.16. The number of nitrogens with one attached hydrogen (secondary N) is 2. The number of rotatable bonds is 5. The molecule has 0 radical (unpaired) electrons. The fourth-order valence-electron chi connectivity index (χ4n) is 1.51. The molecule has 1 amide bonds. The molecule has 21 heavy (non-hydrogen) atoms. The highest BCUT2D eigenvalue weighted by Crippen LogP contribution is 2.22. The number of hydrogen-bond donors (Lipinski definition) is 2. The van der Waals surface area contributed by atoms with Crippen LogP contribution in [0.5, 0.6) is 0 Å². The number of aromatic amines is 1. The molecule has 0 saturated carbocycles. The van der Waals surface area contributed by atoms with Crippen molar-refractivity contribution in [3.8, 4) is 0 Å². The number of hydrogen-bond acceptors (Lipinski definition) is 7. The topological polar surface area (TPSA) is 101 Å². The van der Waals surface area contributed by atoms with Gasteiger partial charge in [0, 0.05) is 12.0 Å². The van der Waals surface area contributed by atoms with Crippen LogP contribution < -0.4 is 10.9 Å². The predicted molar refractivity (Wildman–Crippen MR) is 84.0 cm³/mol. The Balaban J connectivity index is 2.17. The quantitative estimate of drug-likeness (QED) is 0.870. The number of carbonyl (C=O) groups is 1. The van der Waals surface area contributed by atoms with E-state index in [4.69, 9.17) is 0 Å². The van der Waals surface area contributed by atoms with Gasteiger partial charge in [0.25, 0.3) is 11.5 Å². The Labute approximate surface area is 129 Å². The summed E-state index contributed by atoms with van der Waals surface area (Å²) in [5.41, 5.74) is -0.275. The van der Waals surface area contributed by atoms with Crippen molar-refractivity contribution in [2.45, 2.75) is 25.5 Å². The molecule has 0 atom stereocenters. The molecule has 0 fully saturated rings. The van der Waals surface area contributed by atoms with Crippen LogP contribution in [0.25, 0.3) is 0 Å². The van der Waals surface area contributed by atoms with Crippen LogP contribution in [-0.4, -0.2) is 32.3 Å². The standard InChI is InChI=1S/C12H15N5O2S2/c1-6(2)11-16-17-12(21-11)15-10(19)7-4-9(18)14-8(13-7)5-20-3/h4,6H,5H2,1-3H3,(H,13,14,18)(H,15,17,19). The fraction of sp³-hybridized carbons (Fsp3) is 0.417. The van der Waals surface area contributed by atoms with Crippen LogP contribution in [0.1, 0.15) is 41.1 Å². The van der Waals surface area contributed by atoms with E-state index >= 15 is 0 Å². The minimum atomic E-state index is -0.463. The maximum absolute atomic E-state index is 12.1. The largest absolute Gasteiger partial charge is 0.310 e. The second-order valence-electron chi connectivity index (χ2n) is 4.56. The van der Waals surface area contributed by atoms with Crippen LogP contribution in [-0.2, 0) is 5.75 Å². The van der Waals surface area contributed by atoms with Gasteiger partial charge in [-0.05, 0) is 6.26 Å². The maximum atomic E-state index is 12.1. The molecule has 0 aliphatic heterocycles. The lowest BCUT2D eigenvalue weighted by atomic mass is 10.2. The van der Waals surface area contributed by atoms with Crippen molar-refractivity contribution in [1.29, 1.82) is 0 Å². The Morgan fingerprint density at radius 3 is 2.86 bits per heavy atom. The van der Waals surface area contributed by atoms with Crippen molar-refractivity contribution < 1.29 is 4.79 Å². The van der Waals surface area contributed by atoms with E-state index in [1.807, 2.05) is 20.1 Å². The lowest BCUT2D eigenvalue weighted by molar-refractivity contribution is 0.102. The molecular formula is C12H15N5O2S2. The molecule has 0 aliphatic carbocycles.